The highest BCUT2D eigenvalue weighted by Gasteiger charge is 2.12. The molecule has 27 heavy (non-hydrogen) atoms. The monoisotopic (exact) mass is 380 g/mol. The number of thiophene rings is 1. The second kappa shape index (κ2) is 7.04. The summed E-state index contributed by atoms with van der Waals surface area (Å²) in [6.45, 7) is 0. The second-order valence-electron chi connectivity index (χ2n) is 5.58. The average Bonchev–Trinajstić information content (AvgIpc) is 3.11. The van der Waals surface area contributed by atoms with Crippen molar-refractivity contribution in [2.75, 3.05) is 25.3 Å². The van der Waals surface area contributed by atoms with Gasteiger partial charge in [0.25, 0.3) is 0 Å². The molecule has 9 heteroatoms. The molecule has 4 rings (SSSR count). The topological polar surface area (TPSA) is 108 Å². The molecule has 0 saturated heterocycles. The zero-order valence-electron chi connectivity index (χ0n) is 14.6. The first-order chi connectivity index (χ1) is 13.2. The molecule has 3 heterocycles. The zero-order valence-corrected chi connectivity index (χ0v) is 15.4. The van der Waals surface area contributed by atoms with Gasteiger partial charge in [-0.2, -0.15) is 0 Å². The van der Waals surface area contributed by atoms with Crippen LogP contribution in [0.1, 0.15) is 0 Å². The van der Waals surface area contributed by atoms with Gasteiger partial charge in [-0.05, 0) is 12.1 Å². The van der Waals surface area contributed by atoms with Gasteiger partial charge in [-0.15, -0.1) is 11.3 Å². The van der Waals surface area contributed by atoms with E-state index in [9.17, 15) is 0 Å². The van der Waals surface area contributed by atoms with E-state index in [4.69, 9.17) is 15.2 Å². The summed E-state index contributed by atoms with van der Waals surface area (Å²) in [6, 6.07) is 5.52. The van der Waals surface area contributed by atoms with Crippen LogP contribution in [0.4, 0.5) is 17.6 Å². The van der Waals surface area contributed by atoms with E-state index in [-0.39, 0.29) is 5.95 Å². The Kier molecular flexibility index (Phi) is 4.43. The number of hydrogen-bond donors (Lipinski definition) is 2. The molecule has 0 aliphatic heterocycles. The maximum absolute atomic E-state index is 5.57. The van der Waals surface area contributed by atoms with E-state index >= 15 is 0 Å². The van der Waals surface area contributed by atoms with E-state index in [1.807, 2.05) is 23.6 Å². The van der Waals surface area contributed by atoms with Crippen LogP contribution in [0.5, 0.6) is 11.5 Å². The van der Waals surface area contributed by atoms with Gasteiger partial charge in [0, 0.05) is 40.7 Å². The predicted octanol–water partition coefficient (Wildman–Crippen LogP) is 3.49. The SMILES string of the molecule is COc1ccc(Nc2ncc3scc(-c4cnc(N)nc4)c3n2)cc1OC. The lowest BCUT2D eigenvalue weighted by Crippen LogP contribution is -1.98. The fraction of sp³-hybridized carbons (Fsp3) is 0.111. The van der Waals surface area contributed by atoms with Crippen molar-refractivity contribution in [3.63, 3.8) is 0 Å². The molecular formula is C18H16N6O2S. The lowest BCUT2D eigenvalue weighted by atomic mass is 10.1. The van der Waals surface area contributed by atoms with Gasteiger partial charge in [-0.25, -0.2) is 19.9 Å². The number of hydrogen-bond acceptors (Lipinski definition) is 9. The first-order valence-corrected chi connectivity index (χ1v) is 8.87. The summed E-state index contributed by atoms with van der Waals surface area (Å²) < 4.78 is 11.6. The summed E-state index contributed by atoms with van der Waals surface area (Å²) in [4.78, 5) is 17.2. The molecule has 8 nitrogen and oxygen atoms in total. The quantitative estimate of drug-likeness (QED) is 0.542. The second-order valence-corrected chi connectivity index (χ2v) is 6.49. The standard InChI is InChI=1S/C18H16N6O2S/c1-25-13-4-3-11(5-14(13)26-2)23-18-22-8-15-16(24-18)12(9-27-15)10-6-20-17(19)21-7-10/h3-9H,1-2H3,(H2,19,20,21)(H,22,23,24). The number of nitrogens with two attached hydrogens (primary N) is 1. The molecule has 136 valence electrons. The Labute approximate surface area is 159 Å². The predicted molar refractivity (Wildman–Crippen MR) is 106 cm³/mol. The summed E-state index contributed by atoms with van der Waals surface area (Å²) in [5.41, 5.74) is 8.98. The van der Waals surface area contributed by atoms with Crippen LogP contribution in [0.3, 0.4) is 0 Å². The molecule has 0 aliphatic carbocycles. The van der Waals surface area contributed by atoms with Crippen molar-refractivity contribution < 1.29 is 9.47 Å². The van der Waals surface area contributed by atoms with E-state index < -0.39 is 0 Å². The summed E-state index contributed by atoms with van der Waals surface area (Å²) in [7, 11) is 3.19. The molecule has 0 fully saturated rings. The number of nitrogen functional groups attached to an aromatic ring is 1. The average molecular weight is 380 g/mol. The molecule has 0 saturated carbocycles. The minimum absolute atomic E-state index is 0.240. The van der Waals surface area contributed by atoms with E-state index in [1.165, 1.54) is 0 Å². The highest BCUT2D eigenvalue weighted by molar-refractivity contribution is 7.17. The number of fused-ring (bicyclic) bond motifs is 1. The van der Waals surface area contributed by atoms with Gasteiger partial charge in [0.2, 0.25) is 11.9 Å². The minimum atomic E-state index is 0.240. The molecule has 0 bridgehead atoms. The fourth-order valence-corrected chi connectivity index (χ4v) is 3.49. The molecule has 3 N–H and O–H groups in total. The molecule has 3 aromatic heterocycles. The van der Waals surface area contributed by atoms with Gasteiger partial charge >= 0.3 is 0 Å². The Bertz CT molecular complexity index is 1100. The number of ether oxygens (including phenoxy) is 2. The third-order valence-corrected chi connectivity index (χ3v) is 4.84. The first kappa shape index (κ1) is 17.0. The van der Waals surface area contributed by atoms with Crippen LogP contribution in [0.25, 0.3) is 21.3 Å². The number of rotatable bonds is 5. The molecule has 4 aromatic rings. The van der Waals surface area contributed by atoms with Crippen LogP contribution in [-0.4, -0.2) is 34.2 Å². The van der Waals surface area contributed by atoms with Crippen molar-refractivity contribution >= 4 is 39.1 Å². The van der Waals surface area contributed by atoms with Gasteiger partial charge in [-0.1, -0.05) is 0 Å². The Morgan fingerprint density at radius 2 is 1.78 bits per heavy atom. The number of anilines is 3. The lowest BCUT2D eigenvalue weighted by Gasteiger charge is -2.10. The van der Waals surface area contributed by atoms with Crippen molar-refractivity contribution in [2.45, 2.75) is 0 Å². The maximum Gasteiger partial charge on any atom is 0.227 e. The van der Waals surface area contributed by atoms with Gasteiger partial charge in [0.1, 0.15) is 0 Å². The van der Waals surface area contributed by atoms with Crippen LogP contribution in [0, 0.1) is 0 Å². The first-order valence-electron chi connectivity index (χ1n) is 7.99. The van der Waals surface area contributed by atoms with Crippen molar-refractivity contribution in [3.8, 4) is 22.6 Å². The largest absolute Gasteiger partial charge is 0.493 e. The zero-order chi connectivity index (χ0) is 18.8. The number of aromatic nitrogens is 4. The number of nitrogens with zero attached hydrogens (tertiary/aromatic N) is 4. The van der Waals surface area contributed by atoms with Crippen LogP contribution in [-0.2, 0) is 0 Å². The minimum Gasteiger partial charge on any atom is -0.493 e. The Hall–Kier alpha value is -3.46. The van der Waals surface area contributed by atoms with E-state index in [0.29, 0.717) is 17.4 Å². The van der Waals surface area contributed by atoms with Crippen LogP contribution < -0.4 is 20.5 Å². The third-order valence-electron chi connectivity index (χ3n) is 3.94. The molecule has 0 unspecified atom stereocenters. The van der Waals surface area contributed by atoms with Crippen LogP contribution >= 0.6 is 11.3 Å². The van der Waals surface area contributed by atoms with Gasteiger partial charge in [0.05, 0.1) is 30.6 Å². The molecule has 0 spiro atoms. The van der Waals surface area contributed by atoms with Crippen molar-refractivity contribution in [3.05, 3.63) is 42.2 Å². The summed E-state index contributed by atoms with van der Waals surface area (Å²) in [5.74, 6) is 2.00. The van der Waals surface area contributed by atoms with E-state index in [2.05, 4.69) is 25.3 Å². The Morgan fingerprint density at radius 1 is 1.00 bits per heavy atom. The number of methoxy groups -OCH3 is 2. The smallest absolute Gasteiger partial charge is 0.227 e. The highest BCUT2D eigenvalue weighted by atomic mass is 32.1. The van der Waals surface area contributed by atoms with E-state index in [0.717, 1.165) is 27.0 Å². The van der Waals surface area contributed by atoms with Crippen molar-refractivity contribution in [1.82, 2.24) is 19.9 Å². The normalized spacial score (nSPS) is 10.7. The fourth-order valence-electron chi connectivity index (χ4n) is 2.61. The van der Waals surface area contributed by atoms with Gasteiger partial charge in [0.15, 0.2) is 11.5 Å². The molecule has 0 amide bonds. The number of benzene rings is 1. The summed E-state index contributed by atoms with van der Waals surface area (Å²) in [6.07, 6.45) is 5.17. The molecule has 0 aliphatic rings. The van der Waals surface area contributed by atoms with Crippen LogP contribution in [0.2, 0.25) is 0 Å². The molecule has 1 aromatic carbocycles. The molecule has 0 radical (unpaired) electrons. The third kappa shape index (κ3) is 3.32. The van der Waals surface area contributed by atoms with Crippen LogP contribution in [0.15, 0.2) is 42.2 Å². The lowest BCUT2D eigenvalue weighted by molar-refractivity contribution is 0.355. The number of nitrogens with one attached hydrogen (secondary N) is 1. The van der Waals surface area contributed by atoms with Crippen molar-refractivity contribution in [2.24, 2.45) is 0 Å². The van der Waals surface area contributed by atoms with E-state index in [1.54, 1.807) is 44.1 Å². The highest BCUT2D eigenvalue weighted by Crippen LogP contribution is 2.34. The Balaban J connectivity index is 1.69. The van der Waals surface area contributed by atoms with Gasteiger partial charge in [-0.3, -0.25) is 0 Å². The molecular weight excluding hydrogens is 364 g/mol. The summed E-state index contributed by atoms with van der Waals surface area (Å²) in [5, 5.41) is 5.20. The van der Waals surface area contributed by atoms with Gasteiger partial charge < -0.3 is 20.5 Å². The maximum atomic E-state index is 5.57. The summed E-state index contributed by atoms with van der Waals surface area (Å²) >= 11 is 1.56. The van der Waals surface area contributed by atoms with Crippen molar-refractivity contribution in [1.29, 1.82) is 0 Å². The molecule has 0 atom stereocenters. The Morgan fingerprint density at radius 3 is 2.52 bits per heavy atom.